The lowest BCUT2D eigenvalue weighted by Crippen LogP contribution is -2.11. The van der Waals surface area contributed by atoms with Crippen LogP contribution in [0.5, 0.6) is 0 Å². The molecular formula is C12H24. The Bertz CT molecular complexity index is 109. The molecule has 0 amide bonds. The van der Waals surface area contributed by atoms with E-state index in [9.17, 15) is 0 Å². The average Bonchev–Trinajstić information content (AvgIpc) is 2.12. The molecule has 0 aliphatic rings. The van der Waals surface area contributed by atoms with Gasteiger partial charge in [-0.1, -0.05) is 52.2 Å². The van der Waals surface area contributed by atoms with Gasteiger partial charge in [0.2, 0.25) is 0 Å². The highest BCUT2D eigenvalue weighted by Gasteiger charge is 2.14. The molecule has 12 heavy (non-hydrogen) atoms. The van der Waals surface area contributed by atoms with Crippen LogP contribution in [0.1, 0.15) is 53.4 Å². The molecule has 0 N–H and O–H groups in total. The van der Waals surface area contributed by atoms with E-state index >= 15 is 0 Å². The minimum atomic E-state index is 0.913. The van der Waals surface area contributed by atoms with Gasteiger partial charge in [-0.25, -0.2) is 0 Å². The van der Waals surface area contributed by atoms with Crippen LogP contribution in [0.4, 0.5) is 0 Å². The zero-order chi connectivity index (χ0) is 9.40. The largest absolute Gasteiger partial charge is 0.0917 e. The van der Waals surface area contributed by atoms with Gasteiger partial charge in [0.05, 0.1) is 0 Å². The first-order valence-corrected chi connectivity index (χ1v) is 5.41. The van der Waals surface area contributed by atoms with Crippen LogP contribution in [0.2, 0.25) is 0 Å². The highest BCUT2D eigenvalue weighted by Crippen LogP contribution is 2.25. The smallest absolute Gasteiger partial charge is 0.0320 e. The highest BCUT2D eigenvalue weighted by molar-refractivity contribution is 4.82. The van der Waals surface area contributed by atoms with Crippen molar-refractivity contribution in [2.45, 2.75) is 53.4 Å². The fraction of sp³-hybridized carbons (Fsp3) is 0.833. The van der Waals surface area contributed by atoms with Crippen LogP contribution in [0, 0.1) is 11.8 Å². The second kappa shape index (κ2) is 7.39. The number of hydrogen-bond donors (Lipinski definition) is 0. The Kier molecular flexibility index (Phi) is 7.23. The second-order valence-corrected chi connectivity index (χ2v) is 3.55. The van der Waals surface area contributed by atoms with Crippen molar-refractivity contribution in [2.75, 3.05) is 0 Å². The topological polar surface area (TPSA) is 0 Å². The van der Waals surface area contributed by atoms with E-state index in [4.69, 9.17) is 0 Å². The Morgan fingerprint density at radius 1 is 0.917 bits per heavy atom. The molecule has 0 bridgehead atoms. The summed E-state index contributed by atoms with van der Waals surface area (Å²) in [5.41, 5.74) is 0. The normalized spacial score (nSPS) is 14.4. The molecule has 0 heterocycles. The van der Waals surface area contributed by atoms with Crippen LogP contribution in [-0.2, 0) is 0 Å². The van der Waals surface area contributed by atoms with Crippen molar-refractivity contribution < 1.29 is 0 Å². The molecule has 0 saturated carbocycles. The van der Waals surface area contributed by atoms with Gasteiger partial charge in [-0.2, -0.15) is 0 Å². The van der Waals surface area contributed by atoms with E-state index in [1.54, 1.807) is 0 Å². The predicted molar refractivity (Wildman–Crippen MR) is 57.3 cm³/mol. The third-order valence-corrected chi connectivity index (χ3v) is 2.91. The molecule has 0 spiro atoms. The van der Waals surface area contributed by atoms with Gasteiger partial charge in [-0.3, -0.25) is 0 Å². The second-order valence-electron chi connectivity index (χ2n) is 3.55. The van der Waals surface area contributed by atoms with E-state index in [0.717, 1.165) is 11.8 Å². The molecular weight excluding hydrogens is 144 g/mol. The molecule has 0 aliphatic carbocycles. The van der Waals surface area contributed by atoms with Crippen LogP contribution < -0.4 is 0 Å². The van der Waals surface area contributed by atoms with E-state index in [-0.39, 0.29) is 0 Å². The highest BCUT2D eigenvalue weighted by atomic mass is 14.2. The van der Waals surface area contributed by atoms with Gasteiger partial charge >= 0.3 is 0 Å². The average molecular weight is 168 g/mol. The molecule has 0 aromatic rings. The van der Waals surface area contributed by atoms with Crippen LogP contribution in [0.25, 0.3) is 0 Å². The van der Waals surface area contributed by atoms with Crippen molar-refractivity contribution in [1.82, 2.24) is 0 Å². The van der Waals surface area contributed by atoms with E-state index in [2.05, 4.69) is 39.8 Å². The van der Waals surface area contributed by atoms with Crippen molar-refractivity contribution in [3.63, 3.8) is 0 Å². The predicted octanol–water partition coefficient (Wildman–Crippen LogP) is 4.42. The van der Waals surface area contributed by atoms with Crippen LogP contribution in [0.15, 0.2) is 12.2 Å². The van der Waals surface area contributed by atoms with E-state index in [0.29, 0.717) is 0 Å². The first kappa shape index (κ1) is 11.7. The summed E-state index contributed by atoms with van der Waals surface area (Å²) in [5, 5.41) is 0. The maximum absolute atomic E-state index is 2.31. The Hall–Kier alpha value is -0.260. The van der Waals surface area contributed by atoms with Gasteiger partial charge in [0.25, 0.3) is 0 Å². The summed E-state index contributed by atoms with van der Waals surface area (Å²) < 4.78 is 0. The van der Waals surface area contributed by atoms with Crippen LogP contribution in [-0.4, -0.2) is 0 Å². The first-order valence-electron chi connectivity index (χ1n) is 5.41. The number of hydrogen-bond acceptors (Lipinski definition) is 0. The third kappa shape index (κ3) is 3.94. The standard InChI is InChI=1S/C12H24/c1-5-9-10-12(8-4)11(6-2)7-3/h5,9,11-12H,6-8,10H2,1-4H3. The Labute approximate surface area is 78.1 Å². The molecule has 0 fully saturated rings. The van der Waals surface area contributed by atoms with Crippen LogP contribution >= 0.6 is 0 Å². The molecule has 0 heteroatoms. The van der Waals surface area contributed by atoms with Gasteiger partial charge in [0.1, 0.15) is 0 Å². The van der Waals surface area contributed by atoms with Crippen molar-refractivity contribution in [2.24, 2.45) is 11.8 Å². The van der Waals surface area contributed by atoms with Crippen LogP contribution in [0.3, 0.4) is 0 Å². The Morgan fingerprint density at radius 3 is 1.75 bits per heavy atom. The Morgan fingerprint density at radius 2 is 1.42 bits per heavy atom. The summed E-state index contributed by atoms with van der Waals surface area (Å²) in [7, 11) is 0. The summed E-state index contributed by atoms with van der Waals surface area (Å²) in [4.78, 5) is 0. The van der Waals surface area contributed by atoms with Gasteiger partial charge < -0.3 is 0 Å². The molecule has 0 radical (unpaired) electrons. The zero-order valence-corrected chi connectivity index (χ0v) is 9.14. The summed E-state index contributed by atoms with van der Waals surface area (Å²) in [5.74, 6) is 1.85. The summed E-state index contributed by atoms with van der Waals surface area (Å²) in [6.45, 7) is 9.05. The lowest BCUT2D eigenvalue weighted by molar-refractivity contribution is 0.306. The molecule has 0 rings (SSSR count). The van der Waals surface area contributed by atoms with Gasteiger partial charge in [-0.15, -0.1) is 0 Å². The molecule has 1 unspecified atom stereocenters. The van der Waals surface area contributed by atoms with E-state index < -0.39 is 0 Å². The maximum Gasteiger partial charge on any atom is -0.0320 e. The number of rotatable bonds is 6. The minimum Gasteiger partial charge on any atom is -0.0917 e. The SMILES string of the molecule is CC=CCC(CC)C(CC)CC. The first-order chi connectivity index (χ1) is 5.79. The van der Waals surface area contributed by atoms with Crippen molar-refractivity contribution >= 4 is 0 Å². The minimum absolute atomic E-state index is 0.913. The van der Waals surface area contributed by atoms with E-state index in [1.165, 1.54) is 25.7 Å². The molecule has 0 saturated heterocycles. The summed E-state index contributed by atoms with van der Waals surface area (Å²) >= 11 is 0. The lowest BCUT2D eigenvalue weighted by atomic mass is 9.84. The maximum atomic E-state index is 2.31. The van der Waals surface area contributed by atoms with Crippen molar-refractivity contribution in [3.05, 3.63) is 12.2 Å². The molecule has 72 valence electrons. The zero-order valence-electron chi connectivity index (χ0n) is 9.14. The molecule has 0 aliphatic heterocycles. The van der Waals surface area contributed by atoms with Gasteiger partial charge in [-0.05, 0) is 25.2 Å². The van der Waals surface area contributed by atoms with Crippen molar-refractivity contribution in [3.8, 4) is 0 Å². The van der Waals surface area contributed by atoms with Gasteiger partial charge in [0.15, 0.2) is 0 Å². The van der Waals surface area contributed by atoms with Gasteiger partial charge in [0, 0.05) is 0 Å². The number of allylic oxidation sites excluding steroid dienone is 2. The fourth-order valence-electron chi connectivity index (χ4n) is 1.96. The summed E-state index contributed by atoms with van der Waals surface area (Å²) in [6, 6.07) is 0. The monoisotopic (exact) mass is 168 g/mol. The molecule has 0 nitrogen and oxygen atoms in total. The third-order valence-electron chi connectivity index (χ3n) is 2.91. The van der Waals surface area contributed by atoms with Crippen molar-refractivity contribution in [1.29, 1.82) is 0 Å². The Balaban J connectivity index is 3.92. The molecule has 0 aromatic carbocycles. The quantitative estimate of drug-likeness (QED) is 0.515. The molecule has 1 atom stereocenters. The lowest BCUT2D eigenvalue weighted by Gasteiger charge is -2.22. The summed E-state index contributed by atoms with van der Waals surface area (Å²) in [6.07, 6.45) is 9.77. The fourth-order valence-corrected chi connectivity index (χ4v) is 1.96. The van der Waals surface area contributed by atoms with E-state index in [1.807, 2.05) is 0 Å². The molecule has 0 aromatic heterocycles.